The van der Waals surface area contributed by atoms with Crippen molar-refractivity contribution in [1.82, 2.24) is 0 Å². The topological polar surface area (TPSA) is 86.7 Å². The maximum absolute atomic E-state index is 14.7. The molecule has 0 amide bonds. The Kier molecular flexibility index (Phi) is 7.82. The molecule has 2 aliphatic heterocycles. The highest BCUT2D eigenvalue weighted by molar-refractivity contribution is 7.35. The molecule has 12 rings (SSSR count). The molecule has 6 heterocycles. The average molecular weight is 881 g/mol. The second-order valence-electron chi connectivity index (χ2n) is 16.3. The van der Waals surface area contributed by atoms with Gasteiger partial charge in [-0.05, 0) is 87.8 Å². The first-order chi connectivity index (χ1) is 28.9. The number of ether oxygens (including phenoxy) is 2. The molecule has 14 heteroatoms. The number of hydrogen-bond acceptors (Lipinski definition) is 10. The summed E-state index contributed by atoms with van der Waals surface area (Å²) in [5.41, 5.74) is -0.246. The molecule has 0 unspecified atom stereocenters. The molecule has 0 bridgehead atoms. The summed E-state index contributed by atoms with van der Waals surface area (Å²) < 4.78 is 74.6. The van der Waals surface area contributed by atoms with Crippen molar-refractivity contribution in [2.75, 3.05) is 0 Å². The van der Waals surface area contributed by atoms with Gasteiger partial charge in [0.05, 0.1) is 40.0 Å². The van der Waals surface area contributed by atoms with E-state index in [2.05, 4.69) is 0 Å². The van der Waals surface area contributed by atoms with Crippen LogP contribution in [-0.2, 0) is 20.8 Å². The molecule has 0 saturated heterocycles. The predicted octanol–water partition coefficient (Wildman–Crippen LogP) is 12.7. The summed E-state index contributed by atoms with van der Waals surface area (Å²) in [6, 6.07) is 7.31. The van der Waals surface area contributed by atoms with Crippen molar-refractivity contribution < 1.29 is 46.2 Å². The molecule has 4 aliphatic carbocycles. The molecular weight excluding hydrogens is 853 g/mol. The van der Waals surface area contributed by atoms with Crippen molar-refractivity contribution in [2.24, 2.45) is 0 Å². The van der Waals surface area contributed by atoms with Crippen molar-refractivity contribution in [3.05, 3.63) is 103 Å². The van der Waals surface area contributed by atoms with Gasteiger partial charge in [-0.2, -0.15) is 0 Å². The van der Waals surface area contributed by atoms with E-state index < -0.39 is 68.7 Å². The molecule has 0 radical (unpaired) electrons. The zero-order chi connectivity index (χ0) is 41.0. The molecule has 0 atom stereocenters. The van der Waals surface area contributed by atoms with Gasteiger partial charge in [0, 0.05) is 55.3 Å². The van der Waals surface area contributed by atoms with Gasteiger partial charge in [-0.1, -0.05) is 12.8 Å². The van der Waals surface area contributed by atoms with Crippen LogP contribution in [0.5, 0.6) is 11.5 Å². The normalized spacial score (nSPS) is 20.7. The van der Waals surface area contributed by atoms with E-state index in [9.17, 15) is 36.7 Å². The van der Waals surface area contributed by atoms with Crippen molar-refractivity contribution in [3.63, 3.8) is 0 Å². The summed E-state index contributed by atoms with van der Waals surface area (Å²) in [7, 11) is 0. The van der Waals surface area contributed by atoms with Crippen LogP contribution in [0.4, 0.5) is 17.6 Å². The second kappa shape index (κ2) is 12.8. The number of hydrogen-bond donors (Lipinski definition) is 0. The highest BCUT2D eigenvalue weighted by Gasteiger charge is 2.49. The standard InChI is InChI=1S/C46H28F4O6S4/c47-19-11-23-25(33(51)35(53)31(23)29(49)13-19)15-21-17-27-39(57-21)41-37(55-45(27)7-3-1-4-8-45)43-44(59-41)38-42(60-43)40-28(46(56-38)9-5-2-6-10-46)18-22(58-40)16-26-24-12-20(48)14-30(50)32(24)36(54)34(26)52/h11-18H,1-10H2/b25-15-,26-16-. The maximum atomic E-state index is 14.7. The fourth-order valence-electron chi connectivity index (χ4n) is 10.2. The Hall–Kier alpha value is -5.02. The molecular formula is C46H28F4O6S4. The number of fused-ring (bicyclic) bond motifs is 13. The summed E-state index contributed by atoms with van der Waals surface area (Å²) in [6.45, 7) is 0. The van der Waals surface area contributed by atoms with Crippen LogP contribution >= 0.6 is 45.3 Å². The number of allylic oxidation sites excluding steroid dienone is 2. The summed E-state index contributed by atoms with van der Waals surface area (Å²) >= 11 is 6.09. The minimum absolute atomic E-state index is 0.0348. The minimum atomic E-state index is -1.06. The van der Waals surface area contributed by atoms with E-state index in [1.54, 1.807) is 34.8 Å². The number of ketones is 4. The third kappa shape index (κ3) is 5.01. The first-order valence-electron chi connectivity index (χ1n) is 19.8. The Balaban J connectivity index is 1.01. The van der Waals surface area contributed by atoms with E-state index >= 15 is 0 Å². The smallest absolute Gasteiger partial charge is 0.237 e. The number of Topliss-reactive ketones (excluding diaryl/α,β-unsaturated/α-hetero) is 4. The number of thiophene rings is 4. The maximum Gasteiger partial charge on any atom is 0.237 e. The van der Waals surface area contributed by atoms with Crippen LogP contribution in [0.25, 0.3) is 52.2 Å². The Bertz CT molecular complexity index is 2880. The average Bonchev–Trinajstić information content (AvgIpc) is 4.06. The van der Waals surface area contributed by atoms with Crippen molar-refractivity contribution in [2.45, 2.75) is 75.4 Å². The van der Waals surface area contributed by atoms with Crippen LogP contribution in [-0.4, -0.2) is 23.1 Å². The third-order valence-corrected chi connectivity index (χ3v) is 17.8. The fraction of sp³-hybridized carbons (Fsp3) is 0.261. The molecule has 6 aromatic rings. The number of halogens is 4. The van der Waals surface area contributed by atoms with Gasteiger partial charge in [0.15, 0.2) is 11.5 Å². The van der Waals surface area contributed by atoms with E-state index in [1.807, 2.05) is 12.1 Å². The second-order valence-corrected chi connectivity index (χ2v) is 20.5. The SMILES string of the molecule is O=C1C(=O)c2c(F)cc(F)cc2/C1=C/c1cc2c(s1)-c1sc3c4c(sc3c1OC21CCCCC1)-c1sc(/C=C2\C(=O)C(=O)c3c(F)cc(F)cc32)cc1C1(CCCCC1)O4. The molecule has 2 aromatic carbocycles. The highest BCUT2D eigenvalue weighted by Crippen LogP contribution is 2.66. The molecule has 2 fully saturated rings. The lowest BCUT2D eigenvalue weighted by atomic mass is 9.78. The summed E-state index contributed by atoms with van der Waals surface area (Å²) in [5, 5.41) is 0. The van der Waals surface area contributed by atoms with Gasteiger partial charge < -0.3 is 9.47 Å². The van der Waals surface area contributed by atoms with E-state index in [0.717, 1.165) is 128 Å². The van der Waals surface area contributed by atoms with Crippen LogP contribution in [0.1, 0.15) is 117 Å². The molecule has 4 aromatic heterocycles. The highest BCUT2D eigenvalue weighted by atomic mass is 32.1. The number of benzene rings is 2. The van der Waals surface area contributed by atoms with Crippen LogP contribution in [0.2, 0.25) is 0 Å². The largest absolute Gasteiger partial charge is 0.479 e. The lowest BCUT2D eigenvalue weighted by Crippen LogP contribution is -2.37. The van der Waals surface area contributed by atoms with Gasteiger partial charge in [-0.25, -0.2) is 17.6 Å². The van der Waals surface area contributed by atoms with E-state index in [4.69, 9.17) is 9.47 Å². The Labute approximate surface area is 354 Å². The summed E-state index contributed by atoms with van der Waals surface area (Å²) in [5.74, 6) is -6.03. The molecule has 2 saturated carbocycles. The third-order valence-electron chi connectivity index (χ3n) is 12.9. The molecule has 0 N–H and O–H groups in total. The molecule has 300 valence electrons. The van der Waals surface area contributed by atoms with Crippen molar-refractivity contribution >= 4 is 101 Å². The van der Waals surface area contributed by atoms with Crippen molar-refractivity contribution in [1.29, 1.82) is 0 Å². The molecule has 60 heavy (non-hydrogen) atoms. The Morgan fingerprint density at radius 2 is 0.883 bits per heavy atom. The first kappa shape index (κ1) is 36.8. The van der Waals surface area contributed by atoms with Gasteiger partial charge in [-0.3, -0.25) is 19.2 Å². The predicted molar refractivity (Wildman–Crippen MR) is 224 cm³/mol. The van der Waals surface area contributed by atoms with E-state index in [-0.39, 0.29) is 22.3 Å². The van der Waals surface area contributed by atoms with Crippen LogP contribution in [0.15, 0.2) is 36.4 Å². The van der Waals surface area contributed by atoms with Gasteiger partial charge in [0.1, 0.15) is 34.5 Å². The fourth-order valence-corrected chi connectivity index (χ4v) is 15.4. The molecule has 6 nitrogen and oxygen atoms in total. The van der Waals surface area contributed by atoms with E-state index in [0.29, 0.717) is 21.9 Å². The lowest BCUT2D eigenvalue weighted by molar-refractivity contribution is -0.110. The van der Waals surface area contributed by atoms with Gasteiger partial charge in [0.2, 0.25) is 23.1 Å². The number of rotatable bonds is 2. The van der Waals surface area contributed by atoms with Crippen molar-refractivity contribution in [3.8, 4) is 31.0 Å². The van der Waals surface area contributed by atoms with Crippen LogP contribution in [0, 0.1) is 23.3 Å². The molecule has 2 spiro atoms. The van der Waals surface area contributed by atoms with Gasteiger partial charge in [0.25, 0.3) is 0 Å². The van der Waals surface area contributed by atoms with Crippen LogP contribution in [0.3, 0.4) is 0 Å². The summed E-state index contributed by atoms with van der Waals surface area (Å²) in [4.78, 5) is 57.3. The summed E-state index contributed by atoms with van der Waals surface area (Å²) in [6.07, 6.45) is 12.2. The number of carbonyl (C=O) groups is 4. The van der Waals surface area contributed by atoms with Gasteiger partial charge >= 0.3 is 0 Å². The first-order valence-corrected chi connectivity index (χ1v) is 23.1. The minimum Gasteiger partial charge on any atom is -0.479 e. The molecule has 6 aliphatic rings. The zero-order valence-corrected chi connectivity index (χ0v) is 34.6. The number of carbonyl (C=O) groups excluding carboxylic acids is 4. The monoisotopic (exact) mass is 880 g/mol. The lowest BCUT2D eigenvalue weighted by Gasteiger charge is -2.41. The Morgan fingerprint density at radius 1 is 0.483 bits per heavy atom. The zero-order valence-electron chi connectivity index (χ0n) is 31.3. The quantitative estimate of drug-likeness (QED) is 0.0978. The Morgan fingerprint density at radius 3 is 1.28 bits per heavy atom. The van der Waals surface area contributed by atoms with Crippen LogP contribution < -0.4 is 9.47 Å². The van der Waals surface area contributed by atoms with Gasteiger partial charge in [-0.15, -0.1) is 45.3 Å². The van der Waals surface area contributed by atoms with E-state index in [1.165, 1.54) is 22.7 Å².